The van der Waals surface area contributed by atoms with Gasteiger partial charge in [0.1, 0.15) is 5.00 Å². The molecule has 0 amide bonds. The van der Waals surface area contributed by atoms with Gasteiger partial charge in [0.2, 0.25) is 10.0 Å². The van der Waals surface area contributed by atoms with Gasteiger partial charge < -0.3 is 10.6 Å². The van der Waals surface area contributed by atoms with Gasteiger partial charge in [-0.05, 0) is 11.5 Å². The van der Waals surface area contributed by atoms with Crippen LogP contribution in [0.15, 0.2) is 4.90 Å². The molecule has 0 bridgehead atoms. The Morgan fingerprint density at radius 2 is 1.94 bits per heavy atom. The number of nitrogen functional groups attached to an aromatic ring is 1. The molecule has 1 rings (SSSR count). The van der Waals surface area contributed by atoms with Crippen LogP contribution in [0.1, 0.15) is 0 Å². The number of halogens is 2. The van der Waals surface area contributed by atoms with Crippen LogP contribution in [0.2, 0.25) is 0 Å². The zero-order chi connectivity index (χ0) is 14.1. The van der Waals surface area contributed by atoms with E-state index in [-0.39, 0.29) is 15.7 Å². The largest absolute Gasteiger partial charge is 0.382 e. The van der Waals surface area contributed by atoms with E-state index in [1.807, 2.05) is 0 Å². The lowest BCUT2D eigenvalue weighted by Crippen LogP contribution is -2.28. The lowest BCUT2D eigenvalue weighted by Gasteiger charge is -2.19. The Labute approximate surface area is 108 Å². The minimum atomic E-state index is -3.81. The maximum Gasteiger partial charge on any atom is 0.255 e. The Kier molecular flexibility index (Phi) is 4.46. The number of rotatable bonds is 5. The van der Waals surface area contributed by atoms with Crippen molar-refractivity contribution < 1.29 is 17.2 Å². The first-order valence-corrected chi connectivity index (χ1v) is 7.06. The summed E-state index contributed by atoms with van der Waals surface area (Å²) >= 11 is 0.782. The fourth-order valence-electron chi connectivity index (χ4n) is 1.24. The van der Waals surface area contributed by atoms with Crippen molar-refractivity contribution in [1.82, 2.24) is 8.68 Å². The van der Waals surface area contributed by atoms with Gasteiger partial charge in [-0.2, -0.15) is 4.37 Å². The van der Waals surface area contributed by atoms with Crippen molar-refractivity contribution >= 4 is 32.4 Å². The van der Waals surface area contributed by atoms with Gasteiger partial charge in [0.25, 0.3) is 6.43 Å². The average Bonchev–Trinajstić information content (AvgIpc) is 2.59. The van der Waals surface area contributed by atoms with Crippen LogP contribution in [-0.4, -0.2) is 51.2 Å². The maximum absolute atomic E-state index is 12.3. The molecule has 0 spiro atoms. The molecule has 0 saturated heterocycles. The SMILES string of the molecule is CN(CC(F)F)c1snc(N)c1S(=O)(=O)N(C)C. The first kappa shape index (κ1) is 15.1. The Hall–Kier alpha value is -1.00. The second-order valence-corrected chi connectivity index (χ2v) is 6.60. The summed E-state index contributed by atoms with van der Waals surface area (Å²) in [6.45, 7) is -0.586. The van der Waals surface area contributed by atoms with Gasteiger partial charge in [-0.3, -0.25) is 0 Å². The molecule has 0 aliphatic rings. The third kappa shape index (κ3) is 2.87. The standard InChI is InChI=1S/C8H14F2N4O2S2/c1-13(2)18(15,16)6-7(11)12-17-8(6)14(3)4-5(9)10/h5H,4H2,1-3H3,(H2,11,12). The van der Waals surface area contributed by atoms with Crippen LogP contribution in [0, 0.1) is 0 Å². The minimum absolute atomic E-state index is 0.113. The van der Waals surface area contributed by atoms with Crippen molar-refractivity contribution in [1.29, 1.82) is 0 Å². The molecule has 10 heteroatoms. The predicted molar refractivity (Wildman–Crippen MR) is 66.7 cm³/mol. The van der Waals surface area contributed by atoms with Crippen molar-refractivity contribution in [2.45, 2.75) is 11.3 Å². The van der Waals surface area contributed by atoms with E-state index in [9.17, 15) is 17.2 Å². The summed E-state index contributed by atoms with van der Waals surface area (Å²) in [5, 5.41) is 0.113. The van der Waals surface area contributed by atoms with Crippen LogP contribution in [0.3, 0.4) is 0 Å². The molecule has 0 fully saturated rings. The number of nitrogens with zero attached hydrogens (tertiary/aromatic N) is 3. The number of sulfonamides is 1. The van der Waals surface area contributed by atoms with E-state index in [2.05, 4.69) is 4.37 Å². The van der Waals surface area contributed by atoms with E-state index >= 15 is 0 Å². The van der Waals surface area contributed by atoms with Crippen molar-refractivity contribution in [3.63, 3.8) is 0 Å². The molecule has 1 aromatic rings. The molecule has 0 radical (unpaired) electrons. The molecule has 6 nitrogen and oxygen atoms in total. The summed E-state index contributed by atoms with van der Waals surface area (Å²) in [5.74, 6) is -0.176. The Balaban J connectivity index is 3.26. The maximum atomic E-state index is 12.3. The fraction of sp³-hybridized carbons (Fsp3) is 0.625. The molecule has 0 saturated carbocycles. The summed E-state index contributed by atoms with van der Waals surface area (Å²) < 4.78 is 53.4. The first-order chi connectivity index (χ1) is 8.17. The number of aromatic nitrogens is 1. The van der Waals surface area contributed by atoms with Gasteiger partial charge in [0, 0.05) is 21.1 Å². The second-order valence-electron chi connectivity index (χ2n) is 3.76. The summed E-state index contributed by atoms with van der Waals surface area (Å²) in [6.07, 6.45) is -2.58. The molecule has 0 unspecified atom stereocenters. The Morgan fingerprint density at radius 1 is 1.39 bits per heavy atom. The van der Waals surface area contributed by atoms with Gasteiger partial charge in [-0.25, -0.2) is 21.5 Å². The quantitative estimate of drug-likeness (QED) is 0.865. The smallest absolute Gasteiger partial charge is 0.255 e. The van der Waals surface area contributed by atoms with Gasteiger partial charge in [-0.1, -0.05) is 0 Å². The molecular weight excluding hydrogens is 286 g/mol. The highest BCUT2D eigenvalue weighted by Crippen LogP contribution is 2.35. The molecule has 0 aliphatic carbocycles. The lowest BCUT2D eigenvalue weighted by atomic mass is 10.5. The van der Waals surface area contributed by atoms with Crippen LogP contribution < -0.4 is 10.6 Å². The fourth-order valence-corrected chi connectivity index (χ4v) is 3.46. The molecule has 0 aliphatic heterocycles. The monoisotopic (exact) mass is 300 g/mol. The van der Waals surface area contributed by atoms with E-state index in [0.29, 0.717) is 0 Å². The van der Waals surface area contributed by atoms with Crippen LogP contribution in [0.25, 0.3) is 0 Å². The molecule has 2 N–H and O–H groups in total. The molecule has 18 heavy (non-hydrogen) atoms. The summed E-state index contributed by atoms with van der Waals surface area (Å²) in [7, 11) is 0.236. The molecule has 0 aromatic carbocycles. The normalized spacial score (nSPS) is 12.4. The molecule has 1 heterocycles. The van der Waals surface area contributed by atoms with Crippen molar-refractivity contribution in [2.75, 3.05) is 38.3 Å². The zero-order valence-corrected chi connectivity index (χ0v) is 11.7. The first-order valence-electron chi connectivity index (χ1n) is 4.85. The summed E-state index contributed by atoms with van der Waals surface area (Å²) in [4.78, 5) is 0.912. The Morgan fingerprint density at radius 3 is 2.39 bits per heavy atom. The van der Waals surface area contributed by atoms with Crippen LogP contribution >= 0.6 is 11.5 Å². The van der Waals surface area contributed by atoms with E-state index in [4.69, 9.17) is 5.73 Å². The van der Waals surface area contributed by atoms with E-state index in [0.717, 1.165) is 20.7 Å². The van der Waals surface area contributed by atoms with E-state index < -0.39 is 23.0 Å². The van der Waals surface area contributed by atoms with Crippen LogP contribution in [0.4, 0.5) is 19.6 Å². The van der Waals surface area contributed by atoms with Gasteiger partial charge in [-0.15, -0.1) is 0 Å². The number of hydrogen-bond acceptors (Lipinski definition) is 6. The summed E-state index contributed by atoms with van der Waals surface area (Å²) in [6, 6.07) is 0. The van der Waals surface area contributed by atoms with E-state index in [1.54, 1.807) is 0 Å². The molecule has 104 valence electrons. The number of nitrogens with two attached hydrogens (primary N) is 1. The average molecular weight is 300 g/mol. The highest BCUT2D eigenvalue weighted by Gasteiger charge is 2.29. The second kappa shape index (κ2) is 5.33. The van der Waals surface area contributed by atoms with Crippen LogP contribution in [0.5, 0.6) is 0 Å². The van der Waals surface area contributed by atoms with Gasteiger partial charge in [0.15, 0.2) is 10.7 Å². The van der Waals surface area contributed by atoms with Crippen molar-refractivity contribution in [3.8, 4) is 0 Å². The minimum Gasteiger partial charge on any atom is -0.382 e. The van der Waals surface area contributed by atoms with Crippen LogP contribution in [-0.2, 0) is 10.0 Å². The van der Waals surface area contributed by atoms with Gasteiger partial charge in [0.05, 0.1) is 6.54 Å². The lowest BCUT2D eigenvalue weighted by molar-refractivity contribution is 0.156. The topological polar surface area (TPSA) is 79.5 Å². The number of hydrogen-bond donors (Lipinski definition) is 1. The van der Waals surface area contributed by atoms with Crippen molar-refractivity contribution in [3.05, 3.63) is 0 Å². The molecule has 1 aromatic heterocycles. The third-order valence-electron chi connectivity index (χ3n) is 2.15. The number of anilines is 2. The highest BCUT2D eigenvalue weighted by molar-refractivity contribution is 7.89. The van der Waals surface area contributed by atoms with Gasteiger partial charge >= 0.3 is 0 Å². The highest BCUT2D eigenvalue weighted by atomic mass is 32.2. The molecule has 0 atom stereocenters. The third-order valence-corrected chi connectivity index (χ3v) is 5.14. The summed E-state index contributed by atoms with van der Waals surface area (Å²) in [5.41, 5.74) is 5.51. The zero-order valence-electron chi connectivity index (χ0n) is 10.1. The van der Waals surface area contributed by atoms with E-state index in [1.165, 1.54) is 21.1 Å². The Bertz CT molecular complexity index is 515. The predicted octanol–water partition coefficient (Wildman–Crippen LogP) is 0.677. The number of alkyl halides is 2. The van der Waals surface area contributed by atoms with Crippen molar-refractivity contribution in [2.24, 2.45) is 0 Å². The molecular formula is C8H14F2N4O2S2.